The van der Waals surface area contributed by atoms with E-state index in [2.05, 4.69) is 21.3 Å². The molecular formula is C25H31Cl2FN2O3S2. The maximum Gasteiger partial charge on any atom is 0.308 e. The molecule has 2 aromatic heterocycles. The van der Waals surface area contributed by atoms with Gasteiger partial charge in [-0.1, -0.05) is 6.07 Å². The lowest BCUT2D eigenvalue weighted by atomic mass is 9.81. The standard InChI is InChI=1S/C25H29FN2O3S2.2ClH/c1-31-18-5-7-23-20(15-18)19(8-10-27-23)22(26)6-4-17-9-11-28(16-21(17)25(29)30)12-14-33-24-3-2-13-32-24;;/h2-3,5,7-8,10,13,15,17,21-22H,4,6,9,11-12,14,16H2,1H3,(H,29,30);2*1H/t17-,21+,22+;;/m1../s1. The zero-order chi connectivity index (χ0) is 23.2. The predicted octanol–water partition coefficient (Wildman–Crippen LogP) is 6.75. The van der Waals surface area contributed by atoms with Crippen molar-refractivity contribution in [1.82, 2.24) is 9.88 Å². The first-order valence-corrected chi connectivity index (χ1v) is 13.1. The summed E-state index contributed by atoms with van der Waals surface area (Å²) in [7, 11) is 1.59. The quantitative estimate of drug-likeness (QED) is 0.276. The van der Waals surface area contributed by atoms with Crippen LogP contribution in [-0.2, 0) is 4.79 Å². The van der Waals surface area contributed by atoms with E-state index in [1.165, 1.54) is 4.21 Å². The van der Waals surface area contributed by atoms with E-state index in [9.17, 15) is 9.90 Å². The van der Waals surface area contributed by atoms with Gasteiger partial charge in [0.2, 0.25) is 0 Å². The number of nitrogens with zero attached hydrogens (tertiary/aromatic N) is 2. The van der Waals surface area contributed by atoms with E-state index in [-0.39, 0.29) is 30.7 Å². The molecule has 0 radical (unpaired) electrons. The molecule has 0 unspecified atom stereocenters. The van der Waals surface area contributed by atoms with Crippen LogP contribution in [0, 0.1) is 11.8 Å². The fourth-order valence-corrected chi connectivity index (χ4v) is 6.44. The largest absolute Gasteiger partial charge is 0.497 e. The van der Waals surface area contributed by atoms with Crippen molar-refractivity contribution in [1.29, 1.82) is 0 Å². The Hall–Kier alpha value is -1.58. The first kappa shape index (κ1) is 29.6. The Kier molecular flexibility index (Phi) is 12.1. The van der Waals surface area contributed by atoms with Crippen molar-refractivity contribution in [3.8, 4) is 5.75 Å². The van der Waals surface area contributed by atoms with Crippen molar-refractivity contribution in [2.24, 2.45) is 11.8 Å². The second-order valence-corrected chi connectivity index (χ2v) is 10.7. The normalized spacial score (nSPS) is 18.9. The topological polar surface area (TPSA) is 62.7 Å². The highest BCUT2D eigenvalue weighted by Gasteiger charge is 2.34. The van der Waals surface area contributed by atoms with Crippen molar-refractivity contribution in [3.05, 3.63) is 53.5 Å². The van der Waals surface area contributed by atoms with Crippen molar-refractivity contribution >= 4 is 64.8 Å². The summed E-state index contributed by atoms with van der Waals surface area (Å²) in [5.41, 5.74) is 1.32. The zero-order valence-electron chi connectivity index (χ0n) is 19.5. The van der Waals surface area contributed by atoms with Crippen LogP contribution in [0.3, 0.4) is 0 Å². The zero-order valence-corrected chi connectivity index (χ0v) is 22.7. The molecule has 1 saturated heterocycles. The van der Waals surface area contributed by atoms with Gasteiger partial charge in [0, 0.05) is 30.4 Å². The maximum atomic E-state index is 15.3. The summed E-state index contributed by atoms with van der Waals surface area (Å²) in [4.78, 5) is 18.6. The molecule has 1 aliphatic heterocycles. The molecule has 1 N–H and O–H groups in total. The van der Waals surface area contributed by atoms with Crippen LogP contribution in [0.2, 0.25) is 0 Å². The minimum absolute atomic E-state index is 0. The molecule has 192 valence electrons. The lowest BCUT2D eigenvalue weighted by Crippen LogP contribution is -2.44. The Balaban J connectivity index is 0.00000216. The number of hydrogen-bond acceptors (Lipinski definition) is 6. The minimum atomic E-state index is -1.17. The number of fused-ring (bicyclic) bond motifs is 1. The van der Waals surface area contributed by atoms with Crippen LogP contribution < -0.4 is 4.74 Å². The Bertz CT molecular complexity index is 1070. The molecular weight excluding hydrogens is 530 g/mol. The van der Waals surface area contributed by atoms with E-state index in [0.717, 1.165) is 36.2 Å². The molecule has 0 bridgehead atoms. The summed E-state index contributed by atoms with van der Waals surface area (Å²) in [5.74, 6) is 0.379. The number of alkyl halides is 1. The van der Waals surface area contributed by atoms with Crippen molar-refractivity contribution in [3.63, 3.8) is 0 Å². The van der Waals surface area contributed by atoms with Gasteiger partial charge in [-0.2, -0.15) is 0 Å². The highest BCUT2D eigenvalue weighted by atomic mass is 35.5. The van der Waals surface area contributed by atoms with E-state index in [1.807, 2.05) is 36.0 Å². The lowest BCUT2D eigenvalue weighted by molar-refractivity contribution is -0.146. The van der Waals surface area contributed by atoms with E-state index in [0.29, 0.717) is 30.7 Å². The Labute approximate surface area is 226 Å². The van der Waals surface area contributed by atoms with E-state index >= 15 is 4.39 Å². The second kappa shape index (κ2) is 14.2. The second-order valence-electron chi connectivity index (χ2n) is 8.40. The fourth-order valence-electron chi connectivity index (χ4n) is 4.58. The number of benzene rings is 1. The van der Waals surface area contributed by atoms with Gasteiger partial charge in [-0.05, 0) is 73.0 Å². The molecule has 35 heavy (non-hydrogen) atoms. The van der Waals surface area contributed by atoms with Gasteiger partial charge in [0.05, 0.1) is 22.8 Å². The van der Waals surface area contributed by atoms with Gasteiger partial charge in [-0.25, -0.2) is 4.39 Å². The minimum Gasteiger partial charge on any atom is -0.497 e. The van der Waals surface area contributed by atoms with Crippen LogP contribution in [0.4, 0.5) is 4.39 Å². The number of aliphatic carboxylic acids is 1. The van der Waals surface area contributed by atoms with Gasteiger partial charge in [-0.3, -0.25) is 9.78 Å². The molecule has 3 atom stereocenters. The van der Waals surface area contributed by atoms with Crippen molar-refractivity contribution < 1.29 is 19.0 Å². The molecule has 1 aromatic carbocycles. The molecule has 3 aromatic rings. The summed E-state index contributed by atoms with van der Waals surface area (Å²) >= 11 is 3.54. The molecule has 0 aliphatic carbocycles. The van der Waals surface area contributed by atoms with Gasteiger partial charge in [0.15, 0.2) is 0 Å². The van der Waals surface area contributed by atoms with Crippen LogP contribution in [-0.4, -0.2) is 53.5 Å². The van der Waals surface area contributed by atoms with Gasteiger partial charge in [0.1, 0.15) is 11.9 Å². The van der Waals surface area contributed by atoms with Crippen LogP contribution in [0.25, 0.3) is 10.9 Å². The molecule has 0 saturated carbocycles. The maximum absolute atomic E-state index is 15.3. The first-order valence-electron chi connectivity index (χ1n) is 11.2. The summed E-state index contributed by atoms with van der Waals surface area (Å²) in [6.45, 7) is 2.28. The third-order valence-electron chi connectivity index (χ3n) is 6.41. The number of carbonyl (C=O) groups is 1. The summed E-state index contributed by atoms with van der Waals surface area (Å²) in [6, 6.07) is 11.3. The molecule has 1 fully saturated rings. The average Bonchev–Trinajstić information content (AvgIpc) is 3.35. The average molecular weight is 562 g/mol. The van der Waals surface area contributed by atoms with Gasteiger partial charge in [-0.15, -0.1) is 47.9 Å². The van der Waals surface area contributed by atoms with Gasteiger partial charge >= 0.3 is 5.97 Å². The van der Waals surface area contributed by atoms with Gasteiger partial charge < -0.3 is 14.7 Å². The number of thioether (sulfide) groups is 1. The first-order chi connectivity index (χ1) is 16.0. The number of aromatic nitrogens is 1. The molecule has 3 heterocycles. The lowest BCUT2D eigenvalue weighted by Gasteiger charge is -2.36. The number of methoxy groups -OCH3 is 1. The Morgan fingerprint density at radius 3 is 2.89 bits per heavy atom. The van der Waals surface area contributed by atoms with Crippen LogP contribution in [0.15, 0.2) is 52.2 Å². The summed E-state index contributed by atoms with van der Waals surface area (Å²) in [6.07, 6.45) is 2.11. The molecule has 5 nitrogen and oxygen atoms in total. The van der Waals surface area contributed by atoms with E-state index < -0.39 is 18.1 Å². The third kappa shape index (κ3) is 7.70. The summed E-state index contributed by atoms with van der Waals surface area (Å²) in [5, 5.41) is 12.7. The fraction of sp³-hybridized carbons (Fsp3) is 0.440. The number of carboxylic acid groups (broad SMARTS) is 1. The number of ether oxygens (including phenoxy) is 1. The monoisotopic (exact) mass is 560 g/mol. The smallest absolute Gasteiger partial charge is 0.308 e. The SMILES string of the molecule is COc1ccc2nccc([C@@H](F)CC[C@@H]3CCN(CCSc4cccs4)C[C@@H]3C(=O)O)c2c1.Cl.Cl. The van der Waals surface area contributed by atoms with E-state index in [1.54, 1.807) is 30.7 Å². The predicted molar refractivity (Wildman–Crippen MR) is 147 cm³/mol. The Morgan fingerprint density at radius 2 is 2.17 bits per heavy atom. The number of thiophene rings is 1. The number of likely N-dealkylation sites (tertiary alicyclic amines) is 1. The number of pyridine rings is 1. The Morgan fingerprint density at radius 1 is 1.34 bits per heavy atom. The molecule has 10 heteroatoms. The molecule has 1 aliphatic rings. The van der Waals surface area contributed by atoms with E-state index in [4.69, 9.17) is 4.74 Å². The van der Waals surface area contributed by atoms with Crippen molar-refractivity contribution in [2.45, 2.75) is 29.6 Å². The number of hydrogen-bond donors (Lipinski definition) is 1. The van der Waals surface area contributed by atoms with Gasteiger partial charge in [0.25, 0.3) is 0 Å². The highest BCUT2D eigenvalue weighted by molar-refractivity contribution is 8.01. The van der Waals surface area contributed by atoms with Crippen LogP contribution in [0.1, 0.15) is 31.0 Å². The van der Waals surface area contributed by atoms with Crippen molar-refractivity contribution in [2.75, 3.05) is 32.5 Å². The number of carboxylic acids is 1. The third-order valence-corrected chi connectivity index (χ3v) is 8.53. The van der Waals surface area contributed by atoms with Crippen LogP contribution >= 0.6 is 47.9 Å². The van der Waals surface area contributed by atoms with Crippen LogP contribution in [0.5, 0.6) is 5.75 Å². The number of piperidine rings is 1. The highest BCUT2D eigenvalue weighted by Crippen LogP contribution is 2.35. The molecule has 0 spiro atoms. The molecule has 0 amide bonds. The number of rotatable bonds is 10. The number of halogens is 3. The summed E-state index contributed by atoms with van der Waals surface area (Å²) < 4.78 is 21.9. The molecule has 4 rings (SSSR count).